The van der Waals surface area contributed by atoms with E-state index in [4.69, 9.17) is 14.2 Å². The van der Waals surface area contributed by atoms with Crippen LogP contribution in [0.25, 0.3) is 0 Å². The number of unbranched alkanes of at least 4 members (excludes halogenated alkanes) is 14. The van der Waals surface area contributed by atoms with Crippen molar-refractivity contribution in [2.24, 2.45) is 0 Å². The molecule has 0 rings (SSSR count). The fraction of sp³-hybridized carbons (Fsp3) is 0.642. The summed E-state index contributed by atoms with van der Waals surface area (Å²) in [5.74, 6) is -1.00. The van der Waals surface area contributed by atoms with E-state index in [0.717, 1.165) is 96.3 Å². The molecule has 334 valence electrons. The van der Waals surface area contributed by atoms with Gasteiger partial charge in [0.15, 0.2) is 6.10 Å². The lowest BCUT2D eigenvalue weighted by atomic mass is 10.1. The number of hydrogen-bond acceptors (Lipinski definition) is 6. The largest absolute Gasteiger partial charge is 0.462 e. The van der Waals surface area contributed by atoms with Crippen molar-refractivity contribution < 1.29 is 28.6 Å². The van der Waals surface area contributed by atoms with E-state index in [2.05, 4.69) is 118 Å². The predicted octanol–water partition coefficient (Wildman–Crippen LogP) is 15.4. The summed E-state index contributed by atoms with van der Waals surface area (Å²) in [6, 6.07) is 0. The van der Waals surface area contributed by atoms with E-state index in [1.807, 2.05) is 0 Å². The Balaban J connectivity index is 4.54. The van der Waals surface area contributed by atoms with E-state index in [0.29, 0.717) is 25.7 Å². The van der Waals surface area contributed by atoms with E-state index < -0.39 is 6.10 Å². The quantitative estimate of drug-likeness (QED) is 0.0265. The van der Waals surface area contributed by atoms with E-state index in [1.165, 1.54) is 51.4 Å². The Hall–Kier alpha value is -3.67. The molecule has 0 aromatic carbocycles. The summed E-state index contributed by atoms with van der Waals surface area (Å²) in [5, 5.41) is 0. The standard InChI is InChI=1S/C53H86O6/c1-4-7-10-13-16-19-22-24-26-28-31-34-37-40-43-46-52(55)58-49-50(48-57-51(54)45-42-39-36-33-30-21-18-15-12-9-6-3)59-53(56)47-44-41-38-35-32-29-27-25-23-20-17-14-11-8-5-2/h7-8,10-11,16-17,19-20,24-27,31-32,34-35,50H,4-6,9,12-15,18,21-23,28-30,33,36-49H2,1-3H3/b10-7-,11-8-,19-16-,20-17-,26-24-,27-25-,34-31-,35-32-/t50-/m1/s1. The van der Waals surface area contributed by atoms with Gasteiger partial charge in [0.05, 0.1) is 0 Å². The second kappa shape index (κ2) is 47.0. The van der Waals surface area contributed by atoms with Crippen LogP contribution in [0, 0.1) is 0 Å². The molecule has 0 saturated heterocycles. The van der Waals surface area contributed by atoms with Gasteiger partial charge in [-0.3, -0.25) is 14.4 Å². The maximum Gasteiger partial charge on any atom is 0.306 e. The number of carbonyl (C=O) groups is 3. The number of ether oxygens (including phenoxy) is 3. The average molecular weight is 819 g/mol. The maximum absolute atomic E-state index is 12.7. The van der Waals surface area contributed by atoms with Crippen molar-refractivity contribution in [3.8, 4) is 0 Å². The third-order valence-electron chi connectivity index (χ3n) is 9.58. The SMILES string of the molecule is CC/C=C\C/C=C\C/C=C\C/C=C\CCCCC(=O)OC[C@@H](COC(=O)CCCCCCCCCCCCC)OC(=O)CCCC/C=C\C/C=C\C/C=C\C/C=C\CC. The first kappa shape index (κ1) is 55.3. The Bertz CT molecular complexity index is 1220. The van der Waals surface area contributed by atoms with Crippen molar-refractivity contribution in [2.45, 2.75) is 207 Å². The van der Waals surface area contributed by atoms with Gasteiger partial charge in [-0.25, -0.2) is 0 Å². The number of esters is 3. The van der Waals surface area contributed by atoms with Gasteiger partial charge in [-0.2, -0.15) is 0 Å². The topological polar surface area (TPSA) is 78.9 Å². The van der Waals surface area contributed by atoms with Gasteiger partial charge in [-0.15, -0.1) is 0 Å². The summed E-state index contributed by atoms with van der Waals surface area (Å²) in [4.78, 5) is 37.8. The molecule has 0 spiro atoms. The molecular formula is C53H86O6. The van der Waals surface area contributed by atoms with Crippen LogP contribution in [0.1, 0.15) is 201 Å². The fourth-order valence-corrected chi connectivity index (χ4v) is 6.07. The fourth-order valence-electron chi connectivity index (χ4n) is 6.07. The molecule has 0 aromatic rings. The lowest BCUT2D eigenvalue weighted by Gasteiger charge is -2.18. The van der Waals surface area contributed by atoms with Gasteiger partial charge in [0.25, 0.3) is 0 Å². The van der Waals surface area contributed by atoms with Crippen LogP contribution in [0.3, 0.4) is 0 Å². The van der Waals surface area contributed by atoms with Gasteiger partial charge < -0.3 is 14.2 Å². The van der Waals surface area contributed by atoms with Crippen LogP contribution in [0.4, 0.5) is 0 Å². The van der Waals surface area contributed by atoms with Crippen LogP contribution in [0.5, 0.6) is 0 Å². The second-order valence-corrected chi connectivity index (χ2v) is 15.3. The molecule has 0 aliphatic rings. The van der Waals surface area contributed by atoms with Gasteiger partial charge in [0, 0.05) is 19.3 Å². The van der Waals surface area contributed by atoms with Gasteiger partial charge in [0.1, 0.15) is 13.2 Å². The zero-order chi connectivity index (χ0) is 43.0. The molecule has 0 bridgehead atoms. The Labute approximate surface area is 362 Å². The van der Waals surface area contributed by atoms with E-state index in [-0.39, 0.29) is 37.5 Å². The highest BCUT2D eigenvalue weighted by Crippen LogP contribution is 2.13. The Kier molecular flexibility index (Phi) is 44.1. The molecule has 0 unspecified atom stereocenters. The number of carbonyl (C=O) groups excluding carboxylic acids is 3. The first-order valence-corrected chi connectivity index (χ1v) is 23.7. The van der Waals surface area contributed by atoms with E-state index >= 15 is 0 Å². The van der Waals surface area contributed by atoms with Crippen LogP contribution >= 0.6 is 0 Å². The molecule has 0 aliphatic heterocycles. The molecule has 1 atom stereocenters. The molecule has 0 radical (unpaired) electrons. The van der Waals surface area contributed by atoms with E-state index in [1.54, 1.807) is 0 Å². The van der Waals surface area contributed by atoms with Crippen molar-refractivity contribution in [3.63, 3.8) is 0 Å². The highest BCUT2D eigenvalue weighted by molar-refractivity contribution is 5.71. The summed E-state index contributed by atoms with van der Waals surface area (Å²) in [5.41, 5.74) is 0. The van der Waals surface area contributed by atoms with Crippen molar-refractivity contribution >= 4 is 17.9 Å². The van der Waals surface area contributed by atoms with Crippen LogP contribution in [-0.2, 0) is 28.6 Å². The first-order valence-electron chi connectivity index (χ1n) is 23.7. The lowest BCUT2D eigenvalue weighted by molar-refractivity contribution is -0.167. The lowest BCUT2D eigenvalue weighted by Crippen LogP contribution is -2.30. The third-order valence-corrected chi connectivity index (χ3v) is 9.58. The Morgan fingerprint density at radius 2 is 0.661 bits per heavy atom. The first-order chi connectivity index (χ1) is 29.0. The summed E-state index contributed by atoms with van der Waals surface area (Å²) < 4.78 is 16.7. The van der Waals surface area contributed by atoms with Crippen LogP contribution in [0.2, 0.25) is 0 Å². The molecule has 6 nitrogen and oxygen atoms in total. The highest BCUT2D eigenvalue weighted by atomic mass is 16.6. The molecule has 6 heteroatoms. The van der Waals surface area contributed by atoms with E-state index in [9.17, 15) is 14.4 Å². The van der Waals surface area contributed by atoms with Gasteiger partial charge in [0.2, 0.25) is 0 Å². The number of allylic oxidation sites excluding steroid dienone is 16. The maximum atomic E-state index is 12.7. The minimum atomic E-state index is -0.813. The zero-order valence-corrected chi connectivity index (χ0v) is 38.0. The number of rotatable bonds is 41. The predicted molar refractivity (Wildman–Crippen MR) is 251 cm³/mol. The Morgan fingerprint density at radius 1 is 0.356 bits per heavy atom. The minimum absolute atomic E-state index is 0.107. The normalized spacial score (nSPS) is 12.9. The summed E-state index contributed by atoms with van der Waals surface area (Å²) in [7, 11) is 0. The monoisotopic (exact) mass is 819 g/mol. The smallest absolute Gasteiger partial charge is 0.306 e. The van der Waals surface area contributed by atoms with Gasteiger partial charge >= 0.3 is 17.9 Å². The van der Waals surface area contributed by atoms with Crippen molar-refractivity contribution in [1.29, 1.82) is 0 Å². The minimum Gasteiger partial charge on any atom is -0.462 e. The summed E-state index contributed by atoms with van der Waals surface area (Å²) >= 11 is 0. The van der Waals surface area contributed by atoms with Crippen molar-refractivity contribution in [2.75, 3.05) is 13.2 Å². The molecule has 0 aliphatic carbocycles. The molecular weight excluding hydrogens is 733 g/mol. The summed E-state index contributed by atoms with van der Waals surface area (Å²) in [6.45, 7) is 6.31. The molecule has 0 fully saturated rings. The summed E-state index contributed by atoms with van der Waals surface area (Å²) in [6.07, 6.45) is 61.1. The molecule has 0 aromatic heterocycles. The van der Waals surface area contributed by atoms with Crippen LogP contribution in [0.15, 0.2) is 97.2 Å². The van der Waals surface area contributed by atoms with Gasteiger partial charge in [-0.1, -0.05) is 182 Å². The number of hydrogen-bond donors (Lipinski definition) is 0. The molecule has 0 heterocycles. The molecule has 0 N–H and O–H groups in total. The third kappa shape index (κ3) is 45.3. The molecule has 0 amide bonds. The van der Waals surface area contributed by atoms with Crippen LogP contribution in [-0.4, -0.2) is 37.2 Å². The van der Waals surface area contributed by atoms with Crippen molar-refractivity contribution in [3.05, 3.63) is 97.2 Å². The van der Waals surface area contributed by atoms with Gasteiger partial charge in [-0.05, 0) is 96.3 Å². The average Bonchev–Trinajstić information content (AvgIpc) is 3.23. The zero-order valence-electron chi connectivity index (χ0n) is 38.0. The highest BCUT2D eigenvalue weighted by Gasteiger charge is 2.19. The Morgan fingerprint density at radius 3 is 1.03 bits per heavy atom. The van der Waals surface area contributed by atoms with Crippen molar-refractivity contribution in [1.82, 2.24) is 0 Å². The second-order valence-electron chi connectivity index (χ2n) is 15.3. The molecule has 0 saturated carbocycles. The van der Waals surface area contributed by atoms with Crippen LogP contribution < -0.4 is 0 Å². The molecule has 59 heavy (non-hydrogen) atoms.